The molecular weight excluding hydrogens is 184 g/mol. The highest BCUT2D eigenvalue weighted by molar-refractivity contribution is 7.15. The van der Waals surface area contributed by atoms with Gasteiger partial charge in [-0.2, -0.15) is 0 Å². The molecule has 0 amide bonds. The van der Waals surface area contributed by atoms with Gasteiger partial charge in [-0.1, -0.05) is 0 Å². The number of anilines is 1. The number of hydrogen-bond acceptors (Lipinski definition) is 4. The molecule has 0 unspecified atom stereocenters. The molecule has 3 nitrogen and oxygen atoms in total. The summed E-state index contributed by atoms with van der Waals surface area (Å²) in [5, 5.41) is 0.614. The molecule has 1 fully saturated rings. The first-order valence-corrected chi connectivity index (χ1v) is 5.03. The topological polar surface area (TPSA) is 48.1 Å². The summed E-state index contributed by atoms with van der Waals surface area (Å²) in [5.74, 6) is 0.936. The van der Waals surface area contributed by atoms with Crippen molar-refractivity contribution in [1.29, 1.82) is 0 Å². The number of aromatic nitrogens is 1. The minimum Gasteiger partial charge on any atom is -0.494 e. The van der Waals surface area contributed by atoms with Crippen LogP contribution in [-0.2, 0) is 4.74 Å². The Balaban J connectivity index is 2.44. The number of ether oxygens (including phenoxy) is 1. The summed E-state index contributed by atoms with van der Waals surface area (Å²) in [6.45, 7) is 2.02. The van der Waals surface area contributed by atoms with Crippen molar-refractivity contribution in [3.63, 3.8) is 0 Å². The Bertz CT molecular complexity index is 362. The van der Waals surface area contributed by atoms with Crippen LogP contribution < -0.4 is 5.73 Å². The first kappa shape index (κ1) is 8.56. The van der Waals surface area contributed by atoms with Crippen LogP contribution in [0.5, 0.6) is 0 Å². The molecule has 2 rings (SSSR count). The van der Waals surface area contributed by atoms with Gasteiger partial charge in [0.1, 0.15) is 11.5 Å². The van der Waals surface area contributed by atoms with Crippen molar-refractivity contribution in [1.82, 2.24) is 4.98 Å². The molecule has 1 saturated carbocycles. The first-order chi connectivity index (χ1) is 6.22. The quantitative estimate of drug-likeness (QED) is 0.737. The number of thiazole rings is 1. The van der Waals surface area contributed by atoms with Crippen LogP contribution in [0.4, 0.5) is 5.13 Å². The van der Waals surface area contributed by atoms with Crippen molar-refractivity contribution in [2.75, 3.05) is 12.8 Å². The number of allylic oxidation sites excluding steroid dienone is 1. The van der Waals surface area contributed by atoms with Crippen LogP contribution in [-0.4, -0.2) is 12.1 Å². The highest BCUT2D eigenvalue weighted by atomic mass is 32.1. The van der Waals surface area contributed by atoms with Crippen molar-refractivity contribution < 1.29 is 4.74 Å². The summed E-state index contributed by atoms with van der Waals surface area (Å²) < 4.78 is 5.32. The lowest BCUT2D eigenvalue weighted by Crippen LogP contribution is -1.91. The lowest BCUT2D eigenvalue weighted by atomic mass is 10.3. The van der Waals surface area contributed by atoms with Crippen LogP contribution in [0.1, 0.15) is 23.4 Å². The van der Waals surface area contributed by atoms with Crippen LogP contribution in [0.2, 0.25) is 0 Å². The second-order valence-electron chi connectivity index (χ2n) is 3.09. The average Bonchev–Trinajstić information content (AvgIpc) is 2.82. The van der Waals surface area contributed by atoms with E-state index in [1.165, 1.54) is 16.9 Å². The third-order valence-electron chi connectivity index (χ3n) is 2.05. The Hall–Kier alpha value is -1.03. The highest BCUT2D eigenvalue weighted by Crippen LogP contribution is 2.38. The molecule has 0 atom stereocenters. The van der Waals surface area contributed by atoms with E-state index >= 15 is 0 Å². The van der Waals surface area contributed by atoms with Gasteiger partial charge in [0.25, 0.3) is 0 Å². The lowest BCUT2D eigenvalue weighted by molar-refractivity contribution is 0.367. The molecule has 70 valence electrons. The molecule has 0 spiro atoms. The summed E-state index contributed by atoms with van der Waals surface area (Å²) in [6.07, 6.45) is 2.28. The predicted octanol–water partition coefficient (Wildman–Crippen LogP) is 2.19. The van der Waals surface area contributed by atoms with Crippen molar-refractivity contribution in [2.45, 2.75) is 19.8 Å². The Morgan fingerprint density at radius 2 is 2.23 bits per heavy atom. The van der Waals surface area contributed by atoms with Gasteiger partial charge in [0.2, 0.25) is 0 Å². The standard InChI is InChI=1S/C9H12N2OS/c1-5-7(11-9(10)13-5)8(12-2)6-3-4-6/h3-4H2,1-2H3,(H2,10,11). The number of rotatable bonds is 2. The second kappa shape index (κ2) is 3.03. The summed E-state index contributed by atoms with van der Waals surface area (Å²) in [6, 6.07) is 0. The van der Waals surface area contributed by atoms with Gasteiger partial charge in [0.05, 0.1) is 7.11 Å². The fourth-order valence-corrected chi connectivity index (χ4v) is 2.01. The normalized spacial score (nSPS) is 14.5. The highest BCUT2D eigenvalue weighted by Gasteiger charge is 2.23. The van der Waals surface area contributed by atoms with Crippen molar-refractivity contribution in [2.24, 2.45) is 0 Å². The number of hydrogen-bond donors (Lipinski definition) is 1. The smallest absolute Gasteiger partial charge is 0.180 e. The van der Waals surface area contributed by atoms with Crippen LogP contribution in [0.25, 0.3) is 5.76 Å². The van der Waals surface area contributed by atoms with Crippen molar-refractivity contribution in [3.05, 3.63) is 16.1 Å². The van der Waals surface area contributed by atoms with Crippen molar-refractivity contribution >= 4 is 22.2 Å². The zero-order valence-corrected chi connectivity index (χ0v) is 8.57. The van der Waals surface area contributed by atoms with Gasteiger partial charge < -0.3 is 10.5 Å². The van der Waals surface area contributed by atoms with E-state index in [9.17, 15) is 0 Å². The Labute approximate surface area is 81.2 Å². The maximum atomic E-state index is 5.62. The van der Waals surface area contributed by atoms with Gasteiger partial charge >= 0.3 is 0 Å². The molecule has 0 aliphatic heterocycles. The molecule has 0 aromatic carbocycles. The minimum absolute atomic E-state index is 0.614. The molecule has 13 heavy (non-hydrogen) atoms. The van der Waals surface area contributed by atoms with Gasteiger partial charge in [-0.05, 0) is 25.3 Å². The maximum absolute atomic E-state index is 5.62. The Kier molecular flexibility index (Phi) is 2.00. The summed E-state index contributed by atoms with van der Waals surface area (Å²) in [7, 11) is 1.69. The minimum atomic E-state index is 0.614. The predicted molar refractivity (Wildman–Crippen MR) is 54.4 cm³/mol. The molecule has 1 aromatic rings. The number of nitrogens with zero attached hydrogens (tertiary/aromatic N) is 1. The molecule has 0 radical (unpaired) electrons. The molecule has 1 aliphatic carbocycles. The van der Waals surface area contributed by atoms with Crippen LogP contribution in [0.15, 0.2) is 5.57 Å². The zero-order chi connectivity index (χ0) is 9.42. The van der Waals surface area contributed by atoms with E-state index in [0.29, 0.717) is 5.13 Å². The number of methoxy groups -OCH3 is 1. The fourth-order valence-electron chi connectivity index (χ4n) is 1.33. The summed E-state index contributed by atoms with van der Waals surface area (Å²) in [4.78, 5) is 5.39. The molecule has 4 heteroatoms. The van der Waals surface area contributed by atoms with E-state index in [0.717, 1.165) is 29.2 Å². The van der Waals surface area contributed by atoms with Gasteiger partial charge in [0, 0.05) is 4.88 Å². The van der Waals surface area contributed by atoms with E-state index in [1.807, 2.05) is 6.92 Å². The van der Waals surface area contributed by atoms with E-state index in [1.54, 1.807) is 7.11 Å². The summed E-state index contributed by atoms with van der Waals surface area (Å²) in [5.41, 5.74) is 7.91. The van der Waals surface area contributed by atoms with E-state index < -0.39 is 0 Å². The van der Waals surface area contributed by atoms with E-state index in [4.69, 9.17) is 10.5 Å². The summed E-state index contributed by atoms with van der Waals surface area (Å²) >= 11 is 1.51. The fraction of sp³-hybridized carbons (Fsp3) is 0.444. The molecular formula is C9H12N2OS. The number of nitrogen functional groups attached to an aromatic ring is 1. The SMILES string of the molecule is COC(=C1CC1)c1nc(N)sc1C. The average molecular weight is 196 g/mol. The zero-order valence-electron chi connectivity index (χ0n) is 7.76. The molecule has 1 aliphatic rings. The first-order valence-electron chi connectivity index (χ1n) is 4.21. The second-order valence-corrected chi connectivity index (χ2v) is 4.33. The van der Waals surface area contributed by atoms with Crippen molar-refractivity contribution in [3.8, 4) is 0 Å². The van der Waals surface area contributed by atoms with E-state index in [-0.39, 0.29) is 0 Å². The van der Waals surface area contributed by atoms with Crippen LogP contribution in [0, 0.1) is 6.92 Å². The lowest BCUT2D eigenvalue weighted by Gasteiger charge is -2.02. The molecule has 2 N–H and O–H groups in total. The van der Waals surface area contributed by atoms with Gasteiger partial charge in [0.15, 0.2) is 5.13 Å². The maximum Gasteiger partial charge on any atom is 0.180 e. The van der Waals surface area contributed by atoms with Gasteiger partial charge in [-0.3, -0.25) is 0 Å². The van der Waals surface area contributed by atoms with E-state index in [2.05, 4.69) is 4.98 Å². The Morgan fingerprint density at radius 3 is 2.62 bits per heavy atom. The van der Waals surface area contributed by atoms with Gasteiger partial charge in [-0.15, -0.1) is 11.3 Å². The van der Waals surface area contributed by atoms with Crippen LogP contribution in [0.3, 0.4) is 0 Å². The number of nitrogens with two attached hydrogens (primary N) is 1. The molecule has 1 aromatic heterocycles. The van der Waals surface area contributed by atoms with Crippen LogP contribution >= 0.6 is 11.3 Å². The molecule has 1 heterocycles. The monoisotopic (exact) mass is 196 g/mol. The third-order valence-corrected chi connectivity index (χ3v) is 2.85. The number of aryl methyl sites for hydroxylation is 1. The molecule has 0 bridgehead atoms. The third kappa shape index (κ3) is 1.54. The Morgan fingerprint density at radius 1 is 1.54 bits per heavy atom. The largest absolute Gasteiger partial charge is 0.494 e. The van der Waals surface area contributed by atoms with Gasteiger partial charge in [-0.25, -0.2) is 4.98 Å². The molecule has 0 saturated heterocycles.